The third-order valence-electron chi connectivity index (χ3n) is 4.06. The summed E-state index contributed by atoms with van der Waals surface area (Å²) in [6, 6.07) is 0. The summed E-state index contributed by atoms with van der Waals surface area (Å²) in [4.78, 5) is 0. The van der Waals surface area contributed by atoms with Gasteiger partial charge in [-0.2, -0.15) is 0 Å². The number of allylic oxidation sites excluding steroid dienone is 2. The van der Waals surface area contributed by atoms with Crippen molar-refractivity contribution in [1.29, 1.82) is 0 Å². The largest absolute Gasteiger partial charge is 0.0996 e. The molecule has 0 N–H and O–H groups in total. The lowest BCUT2D eigenvalue weighted by Crippen LogP contribution is -2.10. The van der Waals surface area contributed by atoms with Crippen molar-refractivity contribution in [2.75, 3.05) is 0 Å². The Morgan fingerprint density at radius 2 is 1.59 bits per heavy atom. The molecule has 0 aromatic heterocycles. The molecule has 0 bridgehead atoms. The van der Waals surface area contributed by atoms with Gasteiger partial charge < -0.3 is 0 Å². The average molecular weight is 236 g/mol. The molecule has 0 nitrogen and oxygen atoms in total. The van der Waals surface area contributed by atoms with E-state index in [1.165, 1.54) is 36.8 Å². The Bertz CT molecular complexity index is 234. The topological polar surface area (TPSA) is 0 Å². The van der Waals surface area contributed by atoms with Crippen molar-refractivity contribution in [3.8, 4) is 0 Å². The number of hydrogen-bond donors (Lipinski definition) is 0. The van der Waals surface area contributed by atoms with Gasteiger partial charge in [-0.3, -0.25) is 0 Å². The fourth-order valence-electron chi connectivity index (χ4n) is 2.60. The molecule has 0 rings (SSSR count). The van der Waals surface area contributed by atoms with Crippen LogP contribution in [0.2, 0.25) is 0 Å². The molecule has 0 spiro atoms. The number of hydrogen-bond acceptors (Lipinski definition) is 0. The summed E-state index contributed by atoms with van der Waals surface area (Å²) in [7, 11) is 0. The van der Waals surface area contributed by atoms with Gasteiger partial charge in [0, 0.05) is 0 Å². The van der Waals surface area contributed by atoms with Crippen LogP contribution in [-0.4, -0.2) is 0 Å². The lowest BCUT2D eigenvalue weighted by Gasteiger charge is -2.22. The van der Waals surface area contributed by atoms with Gasteiger partial charge >= 0.3 is 0 Å². The molecule has 0 amide bonds. The third kappa shape index (κ3) is 6.10. The van der Waals surface area contributed by atoms with Crippen LogP contribution in [0.25, 0.3) is 0 Å². The van der Waals surface area contributed by atoms with Gasteiger partial charge in [-0.05, 0) is 49.9 Å². The van der Waals surface area contributed by atoms with Crippen molar-refractivity contribution in [1.82, 2.24) is 0 Å². The van der Waals surface area contributed by atoms with Gasteiger partial charge in [0.1, 0.15) is 0 Å². The van der Waals surface area contributed by atoms with E-state index >= 15 is 0 Å². The Balaban J connectivity index is 3.96. The predicted octanol–water partition coefficient (Wildman–Crippen LogP) is 6.00. The maximum Gasteiger partial charge on any atom is -0.0185 e. The highest BCUT2D eigenvalue weighted by molar-refractivity contribution is 5.02. The summed E-state index contributed by atoms with van der Waals surface area (Å²) < 4.78 is 0. The first kappa shape index (κ1) is 16.5. The maximum absolute atomic E-state index is 4.29. The Kier molecular flexibility index (Phi) is 8.29. The van der Waals surface area contributed by atoms with E-state index in [0.29, 0.717) is 11.8 Å². The molecule has 17 heavy (non-hydrogen) atoms. The average Bonchev–Trinajstić information content (AvgIpc) is 2.28. The van der Waals surface area contributed by atoms with E-state index in [4.69, 9.17) is 0 Å². The molecule has 0 aliphatic carbocycles. The second-order valence-corrected chi connectivity index (χ2v) is 5.72. The van der Waals surface area contributed by atoms with E-state index in [2.05, 4.69) is 47.8 Å². The van der Waals surface area contributed by atoms with Crippen LogP contribution in [0, 0.1) is 17.8 Å². The summed E-state index contributed by atoms with van der Waals surface area (Å²) >= 11 is 0. The molecule has 0 aromatic rings. The third-order valence-corrected chi connectivity index (χ3v) is 4.06. The van der Waals surface area contributed by atoms with Gasteiger partial charge in [0.05, 0.1) is 0 Å². The van der Waals surface area contributed by atoms with Gasteiger partial charge in [0.25, 0.3) is 0 Å². The highest BCUT2D eigenvalue weighted by atomic mass is 14.2. The number of rotatable bonds is 9. The minimum absolute atomic E-state index is 0.673. The van der Waals surface area contributed by atoms with Crippen molar-refractivity contribution in [3.05, 3.63) is 24.3 Å². The van der Waals surface area contributed by atoms with Crippen LogP contribution in [0.5, 0.6) is 0 Å². The van der Waals surface area contributed by atoms with Gasteiger partial charge in [-0.1, -0.05) is 58.9 Å². The molecule has 2 atom stereocenters. The van der Waals surface area contributed by atoms with Crippen LogP contribution in [0.3, 0.4) is 0 Å². The zero-order valence-corrected chi connectivity index (χ0v) is 12.7. The standard InChI is InChI=1S/C17H32/c1-8-14(5)15(6)11-10-12-16(7)17(9-2)13(3)4/h13,15,17H,5,7-12H2,1-4,6H3. The van der Waals surface area contributed by atoms with E-state index in [1.807, 2.05) is 0 Å². The van der Waals surface area contributed by atoms with Gasteiger partial charge in [-0.15, -0.1) is 0 Å². The Morgan fingerprint density at radius 1 is 1.00 bits per heavy atom. The summed E-state index contributed by atoms with van der Waals surface area (Å²) in [5, 5.41) is 0. The van der Waals surface area contributed by atoms with Crippen LogP contribution in [0.4, 0.5) is 0 Å². The molecule has 0 saturated carbocycles. The lowest BCUT2D eigenvalue weighted by atomic mass is 9.83. The molecule has 0 heteroatoms. The van der Waals surface area contributed by atoms with Gasteiger partial charge in [0.15, 0.2) is 0 Å². The molecule has 100 valence electrons. The fraction of sp³-hybridized carbons (Fsp3) is 0.765. The fourth-order valence-corrected chi connectivity index (χ4v) is 2.60. The summed E-state index contributed by atoms with van der Waals surface area (Å²) in [6.45, 7) is 19.8. The predicted molar refractivity (Wildman–Crippen MR) is 80.2 cm³/mol. The smallest absolute Gasteiger partial charge is 0.0185 e. The van der Waals surface area contributed by atoms with E-state index in [-0.39, 0.29) is 0 Å². The summed E-state index contributed by atoms with van der Waals surface area (Å²) in [5.74, 6) is 2.11. The quantitative estimate of drug-likeness (QED) is 0.431. The van der Waals surface area contributed by atoms with Crippen molar-refractivity contribution >= 4 is 0 Å². The van der Waals surface area contributed by atoms with Gasteiger partial charge in [0.2, 0.25) is 0 Å². The first-order chi connectivity index (χ1) is 7.93. The first-order valence-corrected chi connectivity index (χ1v) is 7.29. The van der Waals surface area contributed by atoms with Gasteiger partial charge in [-0.25, -0.2) is 0 Å². The highest BCUT2D eigenvalue weighted by Gasteiger charge is 2.14. The normalized spacial score (nSPS) is 14.7. The molecule has 0 fully saturated rings. The van der Waals surface area contributed by atoms with Crippen LogP contribution >= 0.6 is 0 Å². The van der Waals surface area contributed by atoms with Crippen molar-refractivity contribution in [2.45, 2.75) is 66.7 Å². The summed E-state index contributed by atoms with van der Waals surface area (Å²) in [5.41, 5.74) is 2.85. The second kappa shape index (κ2) is 8.55. The molecule has 0 radical (unpaired) electrons. The Morgan fingerprint density at radius 3 is 2.00 bits per heavy atom. The van der Waals surface area contributed by atoms with Crippen LogP contribution < -0.4 is 0 Å². The SMILES string of the molecule is C=C(CC)C(C)CCCC(=C)C(CC)C(C)C. The monoisotopic (exact) mass is 236 g/mol. The van der Waals surface area contributed by atoms with Crippen molar-refractivity contribution in [2.24, 2.45) is 17.8 Å². The first-order valence-electron chi connectivity index (χ1n) is 7.29. The van der Waals surface area contributed by atoms with Crippen LogP contribution in [0.15, 0.2) is 24.3 Å². The molecule has 0 aliphatic rings. The summed E-state index contributed by atoms with van der Waals surface area (Å²) in [6.07, 6.45) is 6.07. The molecule has 0 saturated heterocycles. The van der Waals surface area contributed by atoms with E-state index < -0.39 is 0 Å². The maximum atomic E-state index is 4.29. The molecular formula is C17H32. The van der Waals surface area contributed by atoms with Crippen LogP contribution in [0.1, 0.15) is 66.7 Å². The second-order valence-electron chi connectivity index (χ2n) is 5.72. The van der Waals surface area contributed by atoms with Crippen molar-refractivity contribution < 1.29 is 0 Å². The van der Waals surface area contributed by atoms with E-state index in [9.17, 15) is 0 Å². The van der Waals surface area contributed by atoms with Crippen LogP contribution in [-0.2, 0) is 0 Å². The van der Waals surface area contributed by atoms with E-state index in [0.717, 1.165) is 12.3 Å². The molecule has 0 aromatic carbocycles. The minimum Gasteiger partial charge on any atom is -0.0996 e. The zero-order chi connectivity index (χ0) is 13.4. The molecule has 2 unspecified atom stereocenters. The zero-order valence-electron chi connectivity index (χ0n) is 12.7. The Labute approximate surface area is 109 Å². The molecular weight excluding hydrogens is 204 g/mol. The minimum atomic E-state index is 0.673. The molecule has 0 heterocycles. The van der Waals surface area contributed by atoms with E-state index in [1.54, 1.807) is 0 Å². The lowest BCUT2D eigenvalue weighted by molar-refractivity contribution is 0.413. The van der Waals surface area contributed by atoms with Crippen molar-refractivity contribution in [3.63, 3.8) is 0 Å². The Hall–Kier alpha value is -0.520. The highest BCUT2D eigenvalue weighted by Crippen LogP contribution is 2.27. The molecule has 0 aliphatic heterocycles.